The predicted molar refractivity (Wildman–Crippen MR) is 132 cm³/mol. The van der Waals surface area contributed by atoms with Crippen LogP contribution in [0, 0.1) is 25.2 Å². The van der Waals surface area contributed by atoms with E-state index in [1.807, 2.05) is 25.1 Å². The number of amides is 1. The molecule has 170 valence electrons. The van der Waals surface area contributed by atoms with Gasteiger partial charge in [-0.2, -0.15) is 0 Å². The summed E-state index contributed by atoms with van der Waals surface area (Å²) in [4.78, 5) is 26.6. The van der Waals surface area contributed by atoms with Crippen molar-refractivity contribution in [2.75, 3.05) is 0 Å². The quantitative estimate of drug-likeness (QED) is 0.475. The van der Waals surface area contributed by atoms with Crippen LogP contribution in [0.5, 0.6) is 0 Å². The number of benzene rings is 2. The van der Waals surface area contributed by atoms with Crippen molar-refractivity contribution in [3.63, 3.8) is 0 Å². The Kier molecular flexibility index (Phi) is 5.61. The molecule has 33 heavy (non-hydrogen) atoms. The highest BCUT2D eigenvalue weighted by Gasteiger charge is 2.55. The molecule has 2 saturated carbocycles. The van der Waals surface area contributed by atoms with Gasteiger partial charge in [-0.1, -0.05) is 54.6 Å². The zero-order chi connectivity index (χ0) is 23.2. The highest BCUT2D eigenvalue weighted by atomic mass is 32.1. The molecule has 1 aromatic heterocycles. The second-order valence-corrected chi connectivity index (χ2v) is 11.3. The molecule has 0 aliphatic heterocycles. The number of rotatable bonds is 6. The van der Waals surface area contributed by atoms with Gasteiger partial charge in [0.25, 0.3) is 5.91 Å². The second-order valence-electron chi connectivity index (χ2n) is 9.83. The van der Waals surface area contributed by atoms with Crippen molar-refractivity contribution < 1.29 is 14.7 Å². The standard InChI is InChI=1S/C28H29NO3S/c1-17-24(12-19-7-6-10-21(11-19)20-8-4-3-5-9-20)25(18(2)33-17)26(30)29-23-15-28(16-23)13-22(14-28)27(31)32/h3-11,22-23H,12-16H2,1-2H3,(H,29,30)(H,31,32). The lowest BCUT2D eigenvalue weighted by Gasteiger charge is -2.56. The molecule has 2 fully saturated rings. The third kappa shape index (κ3) is 4.22. The van der Waals surface area contributed by atoms with Crippen molar-refractivity contribution in [2.45, 2.75) is 52.0 Å². The Hall–Kier alpha value is -2.92. The van der Waals surface area contributed by atoms with Gasteiger partial charge in [0.1, 0.15) is 0 Å². The van der Waals surface area contributed by atoms with Crippen molar-refractivity contribution in [1.29, 1.82) is 0 Å². The molecular weight excluding hydrogens is 430 g/mol. The van der Waals surface area contributed by atoms with Gasteiger partial charge in [0, 0.05) is 15.8 Å². The van der Waals surface area contributed by atoms with Crippen LogP contribution in [0.1, 0.15) is 56.9 Å². The lowest BCUT2D eigenvalue weighted by molar-refractivity contribution is -0.155. The molecule has 1 heterocycles. The predicted octanol–water partition coefficient (Wildman–Crippen LogP) is 6.00. The SMILES string of the molecule is Cc1sc(C)c(C(=O)NC2CC3(C2)CC(C(=O)O)C3)c1Cc1cccc(-c2ccccc2)c1. The Labute approximate surface area is 198 Å². The molecule has 2 aliphatic rings. The molecule has 0 saturated heterocycles. The van der Waals surface area contributed by atoms with Crippen LogP contribution in [0.3, 0.4) is 0 Å². The van der Waals surface area contributed by atoms with E-state index in [1.54, 1.807) is 11.3 Å². The summed E-state index contributed by atoms with van der Waals surface area (Å²) in [6, 6.07) is 19.1. The maximum Gasteiger partial charge on any atom is 0.306 e. The van der Waals surface area contributed by atoms with E-state index in [-0.39, 0.29) is 23.3 Å². The number of carboxylic acid groups (broad SMARTS) is 1. The molecule has 0 bridgehead atoms. The van der Waals surface area contributed by atoms with Gasteiger partial charge in [-0.15, -0.1) is 11.3 Å². The van der Waals surface area contributed by atoms with E-state index < -0.39 is 5.97 Å². The Morgan fingerprint density at radius 1 is 0.970 bits per heavy atom. The molecule has 2 aromatic carbocycles. The summed E-state index contributed by atoms with van der Waals surface area (Å²) in [6.07, 6.45) is 4.05. The van der Waals surface area contributed by atoms with Gasteiger partial charge in [-0.05, 0) is 73.6 Å². The topological polar surface area (TPSA) is 66.4 Å². The molecule has 0 atom stereocenters. The first-order valence-electron chi connectivity index (χ1n) is 11.6. The third-order valence-electron chi connectivity index (χ3n) is 7.43. The molecule has 5 heteroatoms. The molecule has 0 unspecified atom stereocenters. The van der Waals surface area contributed by atoms with E-state index in [1.165, 1.54) is 21.6 Å². The molecule has 5 rings (SSSR count). The van der Waals surface area contributed by atoms with Crippen LogP contribution < -0.4 is 5.32 Å². The van der Waals surface area contributed by atoms with E-state index in [4.69, 9.17) is 5.11 Å². The summed E-state index contributed by atoms with van der Waals surface area (Å²) in [6.45, 7) is 4.13. The molecule has 0 radical (unpaired) electrons. The van der Waals surface area contributed by atoms with E-state index >= 15 is 0 Å². The molecule has 4 nitrogen and oxygen atoms in total. The number of hydrogen-bond acceptors (Lipinski definition) is 3. The van der Waals surface area contributed by atoms with Gasteiger partial charge < -0.3 is 10.4 Å². The van der Waals surface area contributed by atoms with Crippen LogP contribution in [0.15, 0.2) is 54.6 Å². The number of carboxylic acids is 1. The molecular formula is C28H29NO3S. The smallest absolute Gasteiger partial charge is 0.306 e. The van der Waals surface area contributed by atoms with Crippen LogP contribution >= 0.6 is 11.3 Å². The maximum absolute atomic E-state index is 13.3. The highest BCUT2D eigenvalue weighted by molar-refractivity contribution is 7.12. The largest absolute Gasteiger partial charge is 0.481 e. The van der Waals surface area contributed by atoms with Crippen molar-refractivity contribution in [3.8, 4) is 11.1 Å². The average molecular weight is 460 g/mol. The molecule has 2 N–H and O–H groups in total. The normalized spacial score (nSPS) is 23.6. The number of carbonyl (C=O) groups is 2. The Bertz CT molecular complexity index is 1200. The Balaban J connectivity index is 1.29. The highest BCUT2D eigenvalue weighted by Crippen LogP contribution is 2.58. The first-order chi connectivity index (χ1) is 15.8. The third-order valence-corrected chi connectivity index (χ3v) is 8.49. The molecule has 3 aromatic rings. The van der Waals surface area contributed by atoms with Crippen LogP contribution in [0.25, 0.3) is 11.1 Å². The fraction of sp³-hybridized carbons (Fsp3) is 0.357. The molecule has 1 amide bonds. The Morgan fingerprint density at radius 2 is 1.67 bits per heavy atom. The van der Waals surface area contributed by atoms with Crippen LogP contribution in [-0.4, -0.2) is 23.0 Å². The number of nitrogens with one attached hydrogen (secondary N) is 1. The van der Waals surface area contributed by atoms with E-state index in [2.05, 4.69) is 48.6 Å². The second kappa shape index (κ2) is 8.45. The number of carbonyl (C=O) groups excluding carboxylic acids is 1. The first kappa shape index (κ1) is 21.9. The fourth-order valence-electron chi connectivity index (χ4n) is 5.77. The van der Waals surface area contributed by atoms with Gasteiger partial charge in [0.2, 0.25) is 0 Å². The lowest BCUT2D eigenvalue weighted by Crippen LogP contribution is -2.57. The monoisotopic (exact) mass is 459 g/mol. The number of hydrogen-bond donors (Lipinski definition) is 2. The summed E-state index contributed by atoms with van der Waals surface area (Å²) in [5, 5.41) is 12.4. The van der Waals surface area contributed by atoms with Gasteiger partial charge >= 0.3 is 5.97 Å². The van der Waals surface area contributed by atoms with E-state index in [9.17, 15) is 9.59 Å². The fourth-order valence-corrected chi connectivity index (χ4v) is 6.85. The van der Waals surface area contributed by atoms with Crippen LogP contribution in [0.4, 0.5) is 0 Å². The first-order valence-corrected chi connectivity index (χ1v) is 12.4. The summed E-state index contributed by atoms with van der Waals surface area (Å²) < 4.78 is 0. The van der Waals surface area contributed by atoms with E-state index in [0.29, 0.717) is 0 Å². The van der Waals surface area contributed by atoms with Gasteiger partial charge in [-0.25, -0.2) is 0 Å². The number of aliphatic carboxylic acids is 1. The maximum atomic E-state index is 13.3. The summed E-state index contributed by atoms with van der Waals surface area (Å²) in [7, 11) is 0. The summed E-state index contributed by atoms with van der Waals surface area (Å²) in [5.74, 6) is -0.861. The minimum Gasteiger partial charge on any atom is -0.481 e. The Morgan fingerprint density at radius 3 is 2.36 bits per heavy atom. The van der Waals surface area contributed by atoms with Crippen molar-refractivity contribution >= 4 is 23.2 Å². The number of aryl methyl sites for hydroxylation is 2. The summed E-state index contributed by atoms with van der Waals surface area (Å²) in [5.41, 5.74) is 5.66. The van der Waals surface area contributed by atoms with Crippen molar-refractivity contribution in [1.82, 2.24) is 5.32 Å². The number of thiophene rings is 1. The minimum atomic E-state index is -0.682. The minimum absolute atomic E-state index is 0.0139. The zero-order valence-electron chi connectivity index (χ0n) is 19.1. The van der Waals surface area contributed by atoms with Gasteiger partial charge in [0.05, 0.1) is 11.5 Å². The van der Waals surface area contributed by atoms with Gasteiger partial charge in [0.15, 0.2) is 0 Å². The van der Waals surface area contributed by atoms with Crippen LogP contribution in [-0.2, 0) is 11.2 Å². The zero-order valence-corrected chi connectivity index (χ0v) is 19.9. The summed E-state index contributed by atoms with van der Waals surface area (Å²) >= 11 is 1.69. The van der Waals surface area contributed by atoms with Crippen molar-refractivity contribution in [3.05, 3.63) is 81.0 Å². The van der Waals surface area contributed by atoms with Crippen molar-refractivity contribution in [2.24, 2.45) is 11.3 Å². The molecule has 2 aliphatic carbocycles. The van der Waals surface area contributed by atoms with E-state index in [0.717, 1.165) is 48.1 Å². The average Bonchev–Trinajstić information content (AvgIpc) is 3.02. The van der Waals surface area contributed by atoms with Crippen LogP contribution in [0.2, 0.25) is 0 Å². The van der Waals surface area contributed by atoms with Gasteiger partial charge in [-0.3, -0.25) is 9.59 Å². The molecule has 1 spiro atoms. The lowest BCUT2D eigenvalue weighted by atomic mass is 9.50.